The van der Waals surface area contributed by atoms with E-state index in [2.05, 4.69) is 131 Å². The molecule has 9 aliphatic carbocycles. The lowest BCUT2D eigenvalue weighted by molar-refractivity contribution is 0.0399. The van der Waals surface area contributed by atoms with E-state index in [9.17, 15) is 5.26 Å². The predicted octanol–water partition coefficient (Wildman–Crippen LogP) is 12.5. The fourth-order valence-corrected chi connectivity index (χ4v) is 14.6. The molecule has 306 valence electrons. The molecular formula is C56H62N4. The van der Waals surface area contributed by atoms with E-state index in [0.29, 0.717) is 29.8 Å². The Kier molecular flexibility index (Phi) is 9.00. The molecule has 0 spiro atoms. The quantitative estimate of drug-likeness (QED) is 0.279. The molecule has 0 radical (unpaired) electrons. The van der Waals surface area contributed by atoms with Gasteiger partial charge in [-0.2, -0.15) is 5.26 Å². The van der Waals surface area contributed by atoms with Gasteiger partial charge in [0.1, 0.15) is 0 Å². The highest BCUT2D eigenvalue weighted by molar-refractivity contribution is 5.75. The molecule has 0 N–H and O–H groups in total. The molecule has 1 aromatic heterocycles. The zero-order chi connectivity index (χ0) is 40.1. The molecular weight excluding hydrogens is 729 g/mol. The Morgan fingerprint density at radius 3 is 2.22 bits per heavy atom. The number of aromatic nitrogens is 1. The monoisotopic (exact) mass is 790 g/mol. The normalized spacial score (nSPS) is 34.6. The summed E-state index contributed by atoms with van der Waals surface area (Å²) in [4.78, 5) is 6.03. The van der Waals surface area contributed by atoms with Crippen molar-refractivity contribution in [1.82, 2.24) is 14.4 Å². The number of allylic oxidation sites excluding steroid dienone is 14. The van der Waals surface area contributed by atoms with Crippen molar-refractivity contribution in [3.63, 3.8) is 0 Å². The van der Waals surface area contributed by atoms with E-state index in [-0.39, 0.29) is 23.5 Å². The van der Waals surface area contributed by atoms with Crippen LogP contribution >= 0.6 is 0 Å². The number of nitrogens with zero attached hydrogens (tertiary/aromatic N) is 4. The molecule has 0 saturated heterocycles. The summed E-state index contributed by atoms with van der Waals surface area (Å²) >= 11 is 0. The van der Waals surface area contributed by atoms with Crippen molar-refractivity contribution in [1.29, 1.82) is 5.26 Å². The first kappa shape index (κ1) is 37.2. The van der Waals surface area contributed by atoms with Crippen molar-refractivity contribution in [2.45, 2.75) is 147 Å². The van der Waals surface area contributed by atoms with Gasteiger partial charge in [-0.25, -0.2) is 0 Å². The Morgan fingerprint density at radius 1 is 0.667 bits per heavy atom. The lowest BCUT2D eigenvalue weighted by atomic mass is 9.71. The van der Waals surface area contributed by atoms with Gasteiger partial charge in [0, 0.05) is 76.2 Å². The third kappa shape index (κ3) is 5.49. The van der Waals surface area contributed by atoms with Crippen LogP contribution in [0.2, 0.25) is 0 Å². The molecule has 0 aromatic carbocycles. The maximum absolute atomic E-state index is 11.4. The summed E-state index contributed by atoms with van der Waals surface area (Å²) in [5.41, 5.74) is 17.9. The summed E-state index contributed by atoms with van der Waals surface area (Å²) in [7, 11) is 0. The SMILES string of the molecule is CC1(C)C2=C(CCC=C2)C2=C1C1=C(CC2)N(C2CC(n3c4c(c5c3C=CCC5)CCC=C4)=C(C#N)CC2C2C=CC(C3C=CCCC3)N2C2CC=CCC2)C2C=CC=CC12. The molecule has 60 heavy (non-hydrogen) atoms. The number of hydrogen-bond donors (Lipinski definition) is 0. The van der Waals surface area contributed by atoms with Crippen LogP contribution in [-0.2, 0) is 12.8 Å². The second-order valence-corrected chi connectivity index (χ2v) is 20.3. The predicted molar refractivity (Wildman–Crippen MR) is 246 cm³/mol. The maximum atomic E-state index is 11.4. The Bertz CT molecular complexity index is 2410. The van der Waals surface area contributed by atoms with E-state index in [0.717, 1.165) is 76.2 Å². The first-order valence-corrected chi connectivity index (χ1v) is 24.0. The zero-order valence-electron chi connectivity index (χ0n) is 36.0. The van der Waals surface area contributed by atoms with E-state index in [1.807, 2.05) is 0 Å². The van der Waals surface area contributed by atoms with Gasteiger partial charge in [0.15, 0.2) is 0 Å². The second-order valence-electron chi connectivity index (χ2n) is 20.3. The fourth-order valence-electron chi connectivity index (χ4n) is 14.6. The van der Waals surface area contributed by atoms with Gasteiger partial charge in [0.2, 0.25) is 0 Å². The van der Waals surface area contributed by atoms with E-state index >= 15 is 0 Å². The Labute approximate surface area is 358 Å². The molecule has 8 atom stereocenters. The largest absolute Gasteiger partial charge is 0.363 e. The van der Waals surface area contributed by atoms with Crippen LogP contribution in [0.3, 0.4) is 0 Å². The van der Waals surface area contributed by atoms with Crippen LogP contribution in [0, 0.1) is 34.5 Å². The summed E-state index contributed by atoms with van der Waals surface area (Å²) < 4.78 is 2.60. The van der Waals surface area contributed by atoms with Crippen LogP contribution in [0.4, 0.5) is 0 Å². The minimum absolute atomic E-state index is 0.00528. The van der Waals surface area contributed by atoms with Gasteiger partial charge in [-0.15, -0.1) is 0 Å². The van der Waals surface area contributed by atoms with Gasteiger partial charge in [-0.1, -0.05) is 98.9 Å². The average Bonchev–Trinajstić information content (AvgIpc) is 4.04. The summed E-state index contributed by atoms with van der Waals surface area (Å²) in [6.45, 7) is 5.05. The van der Waals surface area contributed by atoms with Crippen molar-refractivity contribution in [3.8, 4) is 6.07 Å². The van der Waals surface area contributed by atoms with Gasteiger partial charge >= 0.3 is 0 Å². The zero-order valence-corrected chi connectivity index (χ0v) is 36.0. The lowest BCUT2D eigenvalue weighted by Gasteiger charge is -2.50. The van der Waals surface area contributed by atoms with Gasteiger partial charge in [0.05, 0.1) is 12.1 Å². The molecule has 3 heterocycles. The van der Waals surface area contributed by atoms with Crippen LogP contribution < -0.4 is 0 Å². The molecule has 4 nitrogen and oxygen atoms in total. The number of fused-ring (bicyclic) bond motifs is 7. The standard InChI is InChI=1S/C56H62N4/c1-56(2)45-25-13-9-21-39(45)42-29-30-51-54(55(42)56)43-24-12-16-28-49(43)60(51)53-34-52(59-47-26-14-10-22-40(47)41-23-11-15-27-48(41)59)37(35-57)33-44(53)50-32-31-46(36-17-5-3-6-18-36)58(50)38-19-7-4-8-20-38/h4-5,7,12-17,24-28,31-32,36,38,43-44,46,49-50,53H,3,6,8-11,18-23,29-30,33-34H2,1-2H3. The first-order valence-electron chi connectivity index (χ1n) is 24.0. The third-order valence-electron chi connectivity index (χ3n) is 17.0. The van der Waals surface area contributed by atoms with E-state index in [1.54, 1.807) is 33.6 Å². The molecule has 12 rings (SSSR count). The van der Waals surface area contributed by atoms with Crippen LogP contribution in [0.5, 0.6) is 0 Å². The Balaban J connectivity index is 1.04. The minimum Gasteiger partial charge on any atom is -0.363 e. The van der Waals surface area contributed by atoms with Crippen LogP contribution in [0.25, 0.3) is 17.8 Å². The smallest absolute Gasteiger partial charge is 0.0965 e. The molecule has 11 aliphatic rings. The highest BCUT2D eigenvalue weighted by atomic mass is 15.3. The molecule has 4 heteroatoms. The van der Waals surface area contributed by atoms with Crippen molar-refractivity contribution < 1.29 is 0 Å². The van der Waals surface area contributed by atoms with Crippen molar-refractivity contribution in [2.75, 3.05) is 0 Å². The summed E-state index contributed by atoms with van der Waals surface area (Å²) in [6.07, 6.45) is 57.5. The maximum Gasteiger partial charge on any atom is 0.0965 e. The summed E-state index contributed by atoms with van der Waals surface area (Å²) in [5, 5.41) is 11.4. The molecule has 0 saturated carbocycles. The molecule has 2 aliphatic heterocycles. The van der Waals surface area contributed by atoms with Crippen LogP contribution in [0.15, 0.2) is 124 Å². The highest BCUT2D eigenvalue weighted by Gasteiger charge is 2.54. The number of nitriles is 1. The van der Waals surface area contributed by atoms with Crippen LogP contribution in [0.1, 0.15) is 126 Å². The van der Waals surface area contributed by atoms with Crippen LogP contribution in [-0.4, -0.2) is 44.6 Å². The third-order valence-corrected chi connectivity index (χ3v) is 17.0. The van der Waals surface area contributed by atoms with Gasteiger partial charge < -0.3 is 9.47 Å². The second kappa shape index (κ2) is 14.5. The Hall–Kier alpha value is -4.59. The minimum atomic E-state index is 0.00528. The Morgan fingerprint density at radius 2 is 1.45 bits per heavy atom. The van der Waals surface area contributed by atoms with Gasteiger partial charge in [-0.05, 0) is 153 Å². The highest BCUT2D eigenvalue weighted by Crippen LogP contribution is 2.62. The lowest BCUT2D eigenvalue weighted by Crippen LogP contribution is -2.56. The number of rotatable bonds is 5. The van der Waals surface area contributed by atoms with E-state index in [1.165, 1.54) is 60.3 Å². The molecule has 0 amide bonds. The summed E-state index contributed by atoms with van der Waals surface area (Å²) in [6, 6.07) is 4.72. The van der Waals surface area contributed by atoms with Gasteiger partial charge in [-0.3, -0.25) is 4.90 Å². The topological polar surface area (TPSA) is 35.2 Å². The average molecular weight is 791 g/mol. The molecule has 1 aromatic rings. The van der Waals surface area contributed by atoms with E-state index in [4.69, 9.17) is 0 Å². The molecule has 8 unspecified atom stereocenters. The number of hydrogen-bond acceptors (Lipinski definition) is 3. The van der Waals surface area contributed by atoms with Crippen molar-refractivity contribution >= 4 is 17.8 Å². The summed E-state index contributed by atoms with van der Waals surface area (Å²) in [5.74, 6) is 1.20. The van der Waals surface area contributed by atoms with Gasteiger partial charge in [0.25, 0.3) is 0 Å². The van der Waals surface area contributed by atoms with Crippen molar-refractivity contribution in [2.24, 2.45) is 23.2 Å². The fraction of sp³-hybridized carbons (Fsp3) is 0.482. The first-order chi connectivity index (χ1) is 29.5. The molecule has 0 bridgehead atoms. The molecule has 0 fully saturated rings. The van der Waals surface area contributed by atoms with Crippen molar-refractivity contribution in [3.05, 3.63) is 147 Å². The van der Waals surface area contributed by atoms with E-state index < -0.39 is 0 Å².